The fourth-order valence-electron chi connectivity index (χ4n) is 2.88. The maximum atomic E-state index is 9.02. The number of hydrogen-bond donors (Lipinski definition) is 1. The van der Waals surface area contributed by atoms with E-state index in [1.807, 2.05) is 37.3 Å². The van der Waals surface area contributed by atoms with Gasteiger partial charge in [-0.15, -0.1) is 0 Å². The van der Waals surface area contributed by atoms with Crippen molar-refractivity contribution in [1.82, 2.24) is 9.97 Å². The smallest absolute Gasteiger partial charge is 0.230 e. The summed E-state index contributed by atoms with van der Waals surface area (Å²) in [6, 6.07) is 24.2. The number of hydrogen-bond acceptors (Lipinski definition) is 6. The Morgan fingerprint density at radius 3 is 2.24 bits per heavy atom. The van der Waals surface area contributed by atoms with E-state index in [0.717, 1.165) is 22.2 Å². The largest absolute Gasteiger partial charge is 0.439 e. The first-order chi connectivity index (χ1) is 14.1. The number of rotatable bonds is 4. The summed E-state index contributed by atoms with van der Waals surface area (Å²) in [4.78, 5) is 8.81. The summed E-state index contributed by atoms with van der Waals surface area (Å²) in [6.45, 7) is 1.86. The molecule has 6 heteroatoms. The first-order valence-corrected chi connectivity index (χ1v) is 8.87. The Labute approximate surface area is 167 Å². The SMILES string of the molecule is Cc1cc(Oc2ccc3cc(C#N)ccc3c2)nc(Nc2ccc(C#N)cc2)n1. The van der Waals surface area contributed by atoms with E-state index >= 15 is 0 Å². The summed E-state index contributed by atoms with van der Waals surface area (Å²) in [5.41, 5.74) is 2.74. The van der Waals surface area contributed by atoms with Crippen LogP contribution in [0.3, 0.4) is 0 Å². The van der Waals surface area contributed by atoms with Crippen LogP contribution in [0.1, 0.15) is 16.8 Å². The molecule has 1 heterocycles. The third-order valence-corrected chi connectivity index (χ3v) is 4.26. The molecule has 0 saturated heterocycles. The van der Waals surface area contributed by atoms with Crippen molar-refractivity contribution < 1.29 is 4.74 Å². The van der Waals surface area contributed by atoms with E-state index in [9.17, 15) is 0 Å². The number of nitriles is 2. The molecule has 0 radical (unpaired) electrons. The van der Waals surface area contributed by atoms with Crippen LogP contribution in [0.4, 0.5) is 11.6 Å². The topological polar surface area (TPSA) is 94.6 Å². The summed E-state index contributed by atoms with van der Waals surface area (Å²) >= 11 is 0. The zero-order chi connectivity index (χ0) is 20.2. The molecule has 3 aromatic carbocycles. The van der Waals surface area contributed by atoms with Gasteiger partial charge >= 0.3 is 0 Å². The van der Waals surface area contributed by atoms with Gasteiger partial charge in [-0.25, -0.2) is 4.98 Å². The first kappa shape index (κ1) is 18.0. The number of ether oxygens (including phenoxy) is 1. The number of anilines is 2. The number of fused-ring (bicyclic) bond motifs is 1. The van der Waals surface area contributed by atoms with E-state index in [1.165, 1.54) is 0 Å². The fraction of sp³-hybridized carbons (Fsp3) is 0.0435. The molecule has 0 atom stereocenters. The fourth-order valence-corrected chi connectivity index (χ4v) is 2.88. The molecule has 4 rings (SSSR count). The summed E-state index contributed by atoms with van der Waals surface area (Å²) in [6.07, 6.45) is 0. The van der Waals surface area contributed by atoms with Crippen molar-refractivity contribution in [1.29, 1.82) is 10.5 Å². The van der Waals surface area contributed by atoms with Crippen LogP contribution in [-0.2, 0) is 0 Å². The normalized spacial score (nSPS) is 10.2. The van der Waals surface area contributed by atoms with Crippen molar-refractivity contribution in [3.63, 3.8) is 0 Å². The lowest BCUT2D eigenvalue weighted by atomic mass is 10.1. The van der Waals surface area contributed by atoms with E-state index in [4.69, 9.17) is 15.3 Å². The minimum Gasteiger partial charge on any atom is -0.439 e. The van der Waals surface area contributed by atoms with Crippen molar-refractivity contribution in [3.05, 3.63) is 83.6 Å². The Balaban J connectivity index is 1.58. The third-order valence-electron chi connectivity index (χ3n) is 4.26. The molecule has 4 aromatic rings. The molecule has 0 amide bonds. The molecule has 138 valence electrons. The molecule has 0 unspecified atom stereocenters. The highest BCUT2D eigenvalue weighted by molar-refractivity contribution is 5.85. The molecular formula is C23H15N5O. The molecule has 0 bridgehead atoms. The Hall–Kier alpha value is -4.42. The second-order valence-electron chi connectivity index (χ2n) is 6.42. The highest BCUT2D eigenvalue weighted by atomic mass is 16.5. The van der Waals surface area contributed by atoms with Crippen LogP contribution < -0.4 is 10.1 Å². The van der Waals surface area contributed by atoms with Gasteiger partial charge in [-0.1, -0.05) is 12.1 Å². The van der Waals surface area contributed by atoms with Crippen LogP contribution in [0.5, 0.6) is 11.6 Å². The zero-order valence-corrected chi connectivity index (χ0v) is 15.5. The number of aromatic nitrogens is 2. The molecule has 0 aliphatic heterocycles. The van der Waals surface area contributed by atoms with Gasteiger partial charge in [0.1, 0.15) is 5.75 Å². The second-order valence-corrected chi connectivity index (χ2v) is 6.42. The van der Waals surface area contributed by atoms with E-state index in [-0.39, 0.29) is 0 Å². The zero-order valence-electron chi connectivity index (χ0n) is 15.5. The van der Waals surface area contributed by atoms with Crippen LogP contribution in [0.2, 0.25) is 0 Å². The van der Waals surface area contributed by atoms with Gasteiger partial charge in [0.05, 0.1) is 23.3 Å². The molecule has 1 N–H and O–H groups in total. The Kier molecular flexibility index (Phi) is 4.75. The molecule has 0 spiro atoms. The summed E-state index contributed by atoms with van der Waals surface area (Å²) < 4.78 is 5.94. The summed E-state index contributed by atoms with van der Waals surface area (Å²) in [7, 11) is 0. The predicted molar refractivity (Wildman–Crippen MR) is 110 cm³/mol. The molecule has 0 aliphatic carbocycles. The third kappa shape index (κ3) is 4.13. The van der Waals surface area contributed by atoms with E-state index in [2.05, 4.69) is 27.4 Å². The monoisotopic (exact) mass is 377 g/mol. The molecule has 0 aliphatic rings. The minimum absolute atomic E-state index is 0.407. The van der Waals surface area contributed by atoms with Crippen molar-refractivity contribution >= 4 is 22.4 Å². The lowest BCUT2D eigenvalue weighted by Gasteiger charge is -2.10. The highest BCUT2D eigenvalue weighted by Gasteiger charge is 2.07. The van der Waals surface area contributed by atoms with E-state index < -0.39 is 0 Å². The molecule has 1 aromatic heterocycles. The second kappa shape index (κ2) is 7.67. The Morgan fingerprint density at radius 2 is 1.48 bits per heavy atom. The van der Waals surface area contributed by atoms with Crippen LogP contribution in [0, 0.1) is 29.6 Å². The maximum absolute atomic E-state index is 9.02. The quantitative estimate of drug-likeness (QED) is 0.524. The molecule has 29 heavy (non-hydrogen) atoms. The lowest BCUT2D eigenvalue weighted by Crippen LogP contribution is -2.00. The van der Waals surface area contributed by atoms with E-state index in [0.29, 0.717) is 28.7 Å². The number of benzene rings is 3. The van der Waals surface area contributed by atoms with Crippen LogP contribution in [-0.4, -0.2) is 9.97 Å². The molecule has 0 fully saturated rings. The van der Waals surface area contributed by atoms with Gasteiger partial charge in [0.2, 0.25) is 11.8 Å². The van der Waals surface area contributed by atoms with Gasteiger partial charge in [0.15, 0.2) is 0 Å². The lowest BCUT2D eigenvalue weighted by molar-refractivity contribution is 0.462. The van der Waals surface area contributed by atoms with Gasteiger partial charge in [-0.2, -0.15) is 15.5 Å². The minimum atomic E-state index is 0.407. The average molecular weight is 377 g/mol. The molecular weight excluding hydrogens is 362 g/mol. The summed E-state index contributed by atoms with van der Waals surface area (Å²) in [5, 5.41) is 23.0. The number of aryl methyl sites for hydroxylation is 1. The first-order valence-electron chi connectivity index (χ1n) is 8.87. The molecule has 0 saturated carbocycles. The van der Waals surface area contributed by atoms with Crippen molar-refractivity contribution in [2.75, 3.05) is 5.32 Å². The standard InChI is InChI=1S/C23H15N5O/c1-15-10-22(28-23(26-15)27-20-7-3-16(13-24)4-8-20)29-21-9-6-18-11-17(14-25)2-5-19(18)12-21/h2-12H,1H3,(H,26,27,28). The van der Waals surface area contributed by atoms with E-state index in [1.54, 1.807) is 36.4 Å². The van der Waals surface area contributed by atoms with Crippen LogP contribution >= 0.6 is 0 Å². The van der Waals surface area contributed by atoms with Crippen molar-refractivity contribution in [3.8, 4) is 23.8 Å². The Morgan fingerprint density at radius 1 is 0.793 bits per heavy atom. The Bertz CT molecular complexity index is 1280. The highest BCUT2D eigenvalue weighted by Crippen LogP contribution is 2.26. The maximum Gasteiger partial charge on any atom is 0.230 e. The average Bonchev–Trinajstić information content (AvgIpc) is 2.73. The van der Waals surface area contributed by atoms with Crippen LogP contribution in [0.25, 0.3) is 10.8 Å². The summed E-state index contributed by atoms with van der Waals surface area (Å²) in [5.74, 6) is 1.47. The van der Waals surface area contributed by atoms with Crippen molar-refractivity contribution in [2.45, 2.75) is 6.92 Å². The van der Waals surface area contributed by atoms with Gasteiger partial charge < -0.3 is 10.1 Å². The van der Waals surface area contributed by atoms with Gasteiger partial charge in [-0.05, 0) is 66.2 Å². The van der Waals surface area contributed by atoms with Crippen LogP contribution in [0.15, 0.2) is 66.7 Å². The van der Waals surface area contributed by atoms with Gasteiger partial charge in [0, 0.05) is 17.4 Å². The van der Waals surface area contributed by atoms with Gasteiger partial charge in [0.25, 0.3) is 0 Å². The van der Waals surface area contributed by atoms with Crippen molar-refractivity contribution in [2.24, 2.45) is 0 Å². The number of nitrogens with one attached hydrogen (secondary N) is 1. The number of nitrogens with zero attached hydrogens (tertiary/aromatic N) is 4. The molecule has 6 nitrogen and oxygen atoms in total. The predicted octanol–water partition coefficient (Wildman–Crippen LogP) is 5.22. The van der Waals surface area contributed by atoms with Gasteiger partial charge in [-0.3, -0.25) is 0 Å².